The van der Waals surface area contributed by atoms with Crippen LogP contribution in [0.15, 0.2) is 23.1 Å². The summed E-state index contributed by atoms with van der Waals surface area (Å²) in [6, 6.07) is 5.24. The van der Waals surface area contributed by atoms with Crippen molar-refractivity contribution in [2.24, 2.45) is 5.92 Å². The minimum atomic E-state index is -3.30. The molecule has 1 saturated carbocycles. The van der Waals surface area contributed by atoms with Crippen molar-refractivity contribution in [3.63, 3.8) is 0 Å². The van der Waals surface area contributed by atoms with Gasteiger partial charge in [0.05, 0.1) is 4.90 Å². The highest BCUT2D eigenvalue weighted by Gasteiger charge is 2.24. The average molecular weight is 239 g/mol. The van der Waals surface area contributed by atoms with Crippen LogP contribution in [0.2, 0.25) is 0 Å². The summed E-state index contributed by atoms with van der Waals surface area (Å²) in [4.78, 5) is 0.372. The summed E-state index contributed by atoms with van der Waals surface area (Å²) in [7, 11) is -3.30. The molecular weight excluding hydrogens is 222 g/mol. The Bertz CT molecular complexity index is 490. The van der Waals surface area contributed by atoms with Crippen molar-refractivity contribution >= 4 is 10.0 Å². The van der Waals surface area contributed by atoms with Crippen LogP contribution >= 0.6 is 0 Å². The fourth-order valence-electron chi connectivity index (χ4n) is 1.51. The minimum absolute atomic E-state index is 0.372. The van der Waals surface area contributed by atoms with Gasteiger partial charge in [-0.2, -0.15) is 0 Å². The first-order chi connectivity index (χ1) is 7.49. The van der Waals surface area contributed by atoms with Crippen molar-refractivity contribution in [1.29, 1.82) is 0 Å². The van der Waals surface area contributed by atoms with Gasteiger partial charge in [-0.05, 0) is 55.9 Å². The maximum Gasteiger partial charge on any atom is 0.240 e. The molecule has 1 aromatic rings. The van der Waals surface area contributed by atoms with E-state index in [0.717, 1.165) is 24.0 Å². The van der Waals surface area contributed by atoms with Gasteiger partial charge in [-0.25, -0.2) is 13.1 Å². The lowest BCUT2D eigenvalue weighted by Crippen LogP contribution is -2.25. The van der Waals surface area contributed by atoms with Crippen LogP contribution < -0.4 is 4.72 Å². The van der Waals surface area contributed by atoms with Gasteiger partial charge in [-0.1, -0.05) is 6.07 Å². The first-order valence-corrected chi connectivity index (χ1v) is 7.04. The Morgan fingerprint density at radius 3 is 2.50 bits per heavy atom. The Hall–Kier alpha value is -0.870. The zero-order valence-corrected chi connectivity index (χ0v) is 10.5. The lowest BCUT2D eigenvalue weighted by molar-refractivity contribution is 0.577. The molecule has 16 heavy (non-hydrogen) atoms. The molecule has 0 aromatic heterocycles. The quantitative estimate of drug-likeness (QED) is 0.873. The molecule has 1 aromatic carbocycles. The maximum absolute atomic E-state index is 11.9. The highest BCUT2D eigenvalue weighted by molar-refractivity contribution is 7.89. The number of rotatable bonds is 4. The summed E-state index contributed by atoms with van der Waals surface area (Å²) in [5, 5.41) is 0. The monoisotopic (exact) mass is 239 g/mol. The number of benzene rings is 1. The smallest absolute Gasteiger partial charge is 0.211 e. The molecule has 0 spiro atoms. The van der Waals surface area contributed by atoms with E-state index in [-0.39, 0.29) is 0 Å². The van der Waals surface area contributed by atoms with Crippen LogP contribution in [-0.2, 0) is 10.0 Å². The van der Waals surface area contributed by atoms with Crippen molar-refractivity contribution in [3.05, 3.63) is 29.3 Å². The van der Waals surface area contributed by atoms with Crippen molar-refractivity contribution in [2.75, 3.05) is 6.54 Å². The van der Waals surface area contributed by atoms with Gasteiger partial charge in [0.25, 0.3) is 0 Å². The predicted molar refractivity (Wildman–Crippen MR) is 63.8 cm³/mol. The van der Waals surface area contributed by atoms with Crippen LogP contribution in [0.25, 0.3) is 0 Å². The van der Waals surface area contributed by atoms with E-state index in [1.807, 2.05) is 19.9 Å². The van der Waals surface area contributed by atoms with Gasteiger partial charge in [-0.3, -0.25) is 0 Å². The first kappa shape index (κ1) is 11.6. The second kappa shape index (κ2) is 4.18. The second-order valence-electron chi connectivity index (χ2n) is 4.54. The maximum atomic E-state index is 11.9. The van der Waals surface area contributed by atoms with Gasteiger partial charge >= 0.3 is 0 Å². The summed E-state index contributed by atoms with van der Waals surface area (Å²) in [6.45, 7) is 4.48. The topological polar surface area (TPSA) is 46.2 Å². The molecular formula is C12H17NO2S. The number of sulfonamides is 1. The Balaban J connectivity index is 2.17. The van der Waals surface area contributed by atoms with Gasteiger partial charge in [0, 0.05) is 6.54 Å². The third kappa shape index (κ3) is 2.62. The minimum Gasteiger partial charge on any atom is -0.211 e. The molecule has 88 valence electrons. The van der Waals surface area contributed by atoms with Gasteiger partial charge in [-0.15, -0.1) is 0 Å². The standard InChI is InChI=1S/C12H17NO2S/c1-9-3-6-12(7-10(9)2)16(14,15)13-8-11-4-5-11/h3,6-7,11,13H,4-5,8H2,1-2H3. The van der Waals surface area contributed by atoms with Gasteiger partial charge in [0.1, 0.15) is 0 Å². The molecule has 1 aliphatic rings. The van der Waals surface area contributed by atoms with Crippen LogP contribution in [0.5, 0.6) is 0 Å². The first-order valence-electron chi connectivity index (χ1n) is 5.56. The largest absolute Gasteiger partial charge is 0.240 e. The van der Waals surface area contributed by atoms with Crippen LogP contribution in [0, 0.1) is 19.8 Å². The second-order valence-corrected chi connectivity index (χ2v) is 6.31. The van der Waals surface area contributed by atoms with E-state index >= 15 is 0 Å². The molecule has 0 radical (unpaired) electrons. The lowest BCUT2D eigenvalue weighted by Gasteiger charge is -2.08. The third-order valence-electron chi connectivity index (χ3n) is 3.05. The van der Waals surface area contributed by atoms with Crippen molar-refractivity contribution < 1.29 is 8.42 Å². The molecule has 1 N–H and O–H groups in total. The summed E-state index contributed by atoms with van der Waals surface area (Å²) in [5.41, 5.74) is 2.12. The van der Waals surface area contributed by atoms with Crippen LogP contribution in [0.1, 0.15) is 24.0 Å². The fourth-order valence-corrected chi connectivity index (χ4v) is 2.71. The number of nitrogens with one attached hydrogen (secondary N) is 1. The Kier molecular flexibility index (Phi) is 3.04. The molecule has 1 aliphatic carbocycles. The number of hydrogen-bond acceptors (Lipinski definition) is 2. The molecule has 0 saturated heterocycles. The molecule has 0 bridgehead atoms. The zero-order valence-electron chi connectivity index (χ0n) is 9.66. The molecule has 0 heterocycles. The molecule has 4 heteroatoms. The fraction of sp³-hybridized carbons (Fsp3) is 0.500. The third-order valence-corrected chi connectivity index (χ3v) is 4.47. The van der Waals surface area contributed by atoms with E-state index in [4.69, 9.17) is 0 Å². The highest BCUT2D eigenvalue weighted by Crippen LogP contribution is 2.28. The molecule has 0 aliphatic heterocycles. The van der Waals surface area contributed by atoms with E-state index < -0.39 is 10.0 Å². The van der Waals surface area contributed by atoms with Crippen molar-refractivity contribution in [2.45, 2.75) is 31.6 Å². The summed E-state index contributed by atoms with van der Waals surface area (Å²) in [6.07, 6.45) is 2.30. The molecule has 2 rings (SSSR count). The summed E-state index contributed by atoms with van der Waals surface area (Å²) < 4.78 is 26.5. The highest BCUT2D eigenvalue weighted by atomic mass is 32.2. The van der Waals surface area contributed by atoms with Crippen LogP contribution in [-0.4, -0.2) is 15.0 Å². The van der Waals surface area contributed by atoms with Gasteiger partial charge in [0.2, 0.25) is 10.0 Å². The summed E-state index contributed by atoms with van der Waals surface area (Å²) >= 11 is 0. The Labute approximate surface area is 96.9 Å². The Morgan fingerprint density at radius 1 is 1.25 bits per heavy atom. The predicted octanol–water partition coefficient (Wildman–Crippen LogP) is 1.99. The van der Waals surface area contributed by atoms with Crippen LogP contribution in [0.3, 0.4) is 0 Å². The average Bonchev–Trinajstić information content (AvgIpc) is 3.03. The van der Waals surface area contributed by atoms with Gasteiger partial charge in [0.15, 0.2) is 0 Å². The molecule has 0 atom stereocenters. The van der Waals surface area contributed by atoms with E-state index in [0.29, 0.717) is 17.4 Å². The normalized spacial score (nSPS) is 16.4. The van der Waals surface area contributed by atoms with E-state index in [1.54, 1.807) is 12.1 Å². The summed E-state index contributed by atoms with van der Waals surface area (Å²) in [5.74, 6) is 0.557. The van der Waals surface area contributed by atoms with Crippen molar-refractivity contribution in [3.8, 4) is 0 Å². The van der Waals surface area contributed by atoms with Crippen molar-refractivity contribution in [1.82, 2.24) is 4.72 Å². The van der Waals surface area contributed by atoms with Crippen LogP contribution in [0.4, 0.5) is 0 Å². The lowest BCUT2D eigenvalue weighted by atomic mass is 10.1. The molecule has 1 fully saturated rings. The number of aryl methyl sites for hydroxylation is 2. The Morgan fingerprint density at radius 2 is 1.94 bits per heavy atom. The SMILES string of the molecule is Cc1ccc(S(=O)(=O)NCC2CC2)cc1C. The van der Waals surface area contributed by atoms with E-state index in [9.17, 15) is 8.42 Å². The molecule has 0 amide bonds. The zero-order chi connectivity index (χ0) is 11.8. The molecule has 0 unspecified atom stereocenters. The van der Waals surface area contributed by atoms with E-state index in [2.05, 4.69) is 4.72 Å². The molecule has 3 nitrogen and oxygen atoms in total. The number of hydrogen-bond donors (Lipinski definition) is 1. The van der Waals surface area contributed by atoms with E-state index in [1.165, 1.54) is 0 Å². The van der Waals surface area contributed by atoms with Gasteiger partial charge < -0.3 is 0 Å².